The number of carbonyl (C=O) groups excluding carboxylic acids is 1. The maximum atomic E-state index is 12.1. The zero-order chi connectivity index (χ0) is 13.1. The highest BCUT2D eigenvalue weighted by Gasteiger charge is 2.28. The van der Waals surface area contributed by atoms with Crippen molar-refractivity contribution in [2.24, 2.45) is 0 Å². The van der Waals surface area contributed by atoms with Gasteiger partial charge in [0.05, 0.1) is 6.42 Å². The van der Waals surface area contributed by atoms with Gasteiger partial charge in [-0.1, -0.05) is 0 Å². The standard InChI is InChI=1S/C12H15NO3S2/c1-7(6-10(14)15)13-12(16)11-8-2-4-17-9(8)3-5-18-11/h2,4,7,11H,3,5-6H2,1H3,(H,13,16)(H,14,15). The van der Waals surface area contributed by atoms with Gasteiger partial charge in [0, 0.05) is 10.9 Å². The Kier molecular flexibility index (Phi) is 4.29. The van der Waals surface area contributed by atoms with Crippen LogP contribution in [0.1, 0.15) is 29.0 Å². The number of aryl methyl sites for hydroxylation is 1. The monoisotopic (exact) mass is 285 g/mol. The summed E-state index contributed by atoms with van der Waals surface area (Å²) in [4.78, 5) is 24.0. The number of carboxylic acid groups (broad SMARTS) is 1. The van der Waals surface area contributed by atoms with Gasteiger partial charge in [0.15, 0.2) is 0 Å². The normalized spacial score (nSPS) is 19.9. The van der Waals surface area contributed by atoms with Gasteiger partial charge in [-0.2, -0.15) is 0 Å². The van der Waals surface area contributed by atoms with E-state index in [1.54, 1.807) is 30.0 Å². The molecule has 0 saturated heterocycles. The van der Waals surface area contributed by atoms with Crippen LogP contribution in [0, 0.1) is 0 Å². The lowest BCUT2D eigenvalue weighted by Crippen LogP contribution is -2.37. The predicted octanol–water partition coefficient (Wildman–Crippen LogP) is 2.06. The van der Waals surface area contributed by atoms with Gasteiger partial charge < -0.3 is 10.4 Å². The molecule has 18 heavy (non-hydrogen) atoms. The van der Waals surface area contributed by atoms with Crippen molar-refractivity contribution < 1.29 is 14.7 Å². The Labute approximate surface area is 114 Å². The first-order chi connectivity index (χ1) is 8.58. The van der Waals surface area contributed by atoms with E-state index >= 15 is 0 Å². The number of thiophene rings is 1. The lowest BCUT2D eigenvalue weighted by Gasteiger charge is -2.23. The lowest BCUT2D eigenvalue weighted by molar-refractivity contribution is -0.137. The van der Waals surface area contributed by atoms with E-state index in [2.05, 4.69) is 5.32 Å². The van der Waals surface area contributed by atoms with Crippen molar-refractivity contribution in [3.8, 4) is 0 Å². The lowest BCUT2D eigenvalue weighted by atomic mass is 10.1. The molecule has 1 aliphatic rings. The summed E-state index contributed by atoms with van der Waals surface area (Å²) in [6.45, 7) is 1.72. The Morgan fingerprint density at radius 1 is 1.61 bits per heavy atom. The summed E-state index contributed by atoms with van der Waals surface area (Å²) in [6.07, 6.45) is 0.978. The first kappa shape index (κ1) is 13.4. The highest BCUT2D eigenvalue weighted by Crippen LogP contribution is 2.39. The molecule has 0 radical (unpaired) electrons. The minimum atomic E-state index is -0.893. The molecule has 1 aliphatic heterocycles. The molecule has 0 aliphatic carbocycles. The Balaban J connectivity index is 2.01. The molecule has 1 aromatic heterocycles. The number of nitrogens with one attached hydrogen (secondary N) is 1. The molecule has 1 aromatic rings. The molecule has 2 atom stereocenters. The second-order valence-corrected chi connectivity index (χ2v) is 6.52. The molecule has 2 rings (SSSR count). The molecule has 4 nitrogen and oxygen atoms in total. The number of aliphatic carboxylic acids is 1. The minimum absolute atomic E-state index is 0.0420. The van der Waals surface area contributed by atoms with Gasteiger partial charge >= 0.3 is 5.97 Å². The van der Waals surface area contributed by atoms with Crippen molar-refractivity contribution in [1.82, 2.24) is 5.32 Å². The first-order valence-electron chi connectivity index (χ1n) is 5.78. The van der Waals surface area contributed by atoms with Crippen LogP contribution in [0.25, 0.3) is 0 Å². The van der Waals surface area contributed by atoms with Gasteiger partial charge in [-0.15, -0.1) is 23.1 Å². The van der Waals surface area contributed by atoms with E-state index in [9.17, 15) is 9.59 Å². The molecule has 2 N–H and O–H groups in total. The third kappa shape index (κ3) is 3.05. The van der Waals surface area contributed by atoms with E-state index in [0.717, 1.165) is 17.7 Å². The highest BCUT2D eigenvalue weighted by molar-refractivity contribution is 8.00. The largest absolute Gasteiger partial charge is 0.481 e. The average Bonchev–Trinajstić information content (AvgIpc) is 2.74. The van der Waals surface area contributed by atoms with Crippen LogP contribution in [-0.2, 0) is 16.0 Å². The second kappa shape index (κ2) is 5.75. The molecule has 0 aromatic carbocycles. The van der Waals surface area contributed by atoms with E-state index < -0.39 is 5.97 Å². The molecule has 2 unspecified atom stereocenters. The van der Waals surface area contributed by atoms with Crippen LogP contribution >= 0.6 is 23.1 Å². The fraction of sp³-hybridized carbons (Fsp3) is 0.500. The highest BCUT2D eigenvalue weighted by atomic mass is 32.2. The molecule has 0 spiro atoms. The number of carbonyl (C=O) groups is 2. The number of hydrogen-bond donors (Lipinski definition) is 2. The molecular weight excluding hydrogens is 270 g/mol. The summed E-state index contributed by atoms with van der Waals surface area (Å²) in [7, 11) is 0. The number of thioether (sulfide) groups is 1. The quantitative estimate of drug-likeness (QED) is 0.888. The molecular formula is C12H15NO3S2. The third-order valence-electron chi connectivity index (χ3n) is 2.78. The van der Waals surface area contributed by atoms with Crippen molar-refractivity contribution in [2.45, 2.75) is 31.1 Å². The topological polar surface area (TPSA) is 66.4 Å². The number of rotatable bonds is 4. The summed E-state index contributed by atoms with van der Waals surface area (Å²) in [5.74, 6) is -0.0257. The fourth-order valence-electron chi connectivity index (χ4n) is 1.99. The number of fused-ring (bicyclic) bond motifs is 1. The zero-order valence-electron chi connectivity index (χ0n) is 10.0. The maximum absolute atomic E-state index is 12.1. The zero-order valence-corrected chi connectivity index (χ0v) is 11.6. The van der Waals surface area contributed by atoms with Gasteiger partial charge in [-0.3, -0.25) is 9.59 Å². The SMILES string of the molecule is CC(CC(=O)O)NC(=O)C1SCCc2sccc21. The van der Waals surface area contributed by atoms with E-state index in [1.165, 1.54) is 4.88 Å². The van der Waals surface area contributed by atoms with Crippen molar-refractivity contribution in [1.29, 1.82) is 0 Å². The smallest absolute Gasteiger partial charge is 0.305 e. The Bertz CT molecular complexity index is 458. The van der Waals surface area contributed by atoms with E-state index in [0.29, 0.717) is 0 Å². The fourth-order valence-corrected chi connectivity index (χ4v) is 4.30. The van der Waals surface area contributed by atoms with Gasteiger partial charge in [0.2, 0.25) is 5.91 Å². The van der Waals surface area contributed by atoms with Crippen molar-refractivity contribution in [3.63, 3.8) is 0 Å². The summed E-state index contributed by atoms with van der Waals surface area (Å²) >= 11 is 3.32. The summed E-state index contributed by atoms with van der Waals surface area (Å²) in [6, 6.07) is 1.66. The number of amides is 1. The van der Waals surface area contributed by atoms with Gasteiger partial charge in [-0.05, 0) is 36.1 Å². The Morgan fingerprint density at radius 2 is 2.39 bits per heavy atom. The van der Waals surface area contributed by atoms with Crippen LogP contribution in [0.2, 0.25) is 0 Å². The van der Waals surface area contributed by atoms with Crippen molar-refractivity contribution in [3.05, 3.63) is 21.9 Å². The maximum Gasteiger partial charge on any atom is 0.305 e. The Hall–Kier alpha value is -1.01. The van der Waals surface area contributed by atoms with Crippen LogP contribution in [0.15, 0.2) is 11.4 Å². The molecule has 1 amide bonds. The third-order valence-corrected chi connectivity index (χ3v) is 5.02. The molecule has 6 heteroatoms. The van der Waals surface area contributed by atoms with Crippen molar-refractivity contribution >= 4 is 35.0 Å². The van der Waals surface area contributed by atoms with Gasteiger partial charge in [0.25, 0.3) is 0 Å². The van der Waals surface area contributed by atoms with Gasteiger partial charge in [0.1, 0.15) is 5.25 Å². The van der Waals surface area contributed by atoms with Gasteiger partial charge in [-0.25, -0.2) is 0 Å². The number of hydrogen-bond acceptors (Lipinski definition) is 4. The predicted molar refractivity (Wildman–Crippen MR) is 73.1 cm³/mol. The van der Waals surface area contributed by atoms with E-state index in [-0.39, 0.29) is 23.6 Å². The molecule has 0 bridgehead atoms. The first-order valence-corrected chi connectivity index (χ1v) is 7.71. The van der Waals surface area contributed by atoms with E-state index in [4.69, 9.17) is 5.11 Å². The molecule has 0 fully saturated rings. The molecule has 98 valence electrons. The summed E-state index contributed by atoms with van der Waals surface area (Å²) in [5, 5.41) is 13.3. The van der Waals surface area contributed by atoms with Crippen LogP contribution in [0.3, 0.4) is 0 Å². The van der Waals surface area contributed by atoms with E-state index in [1.807, 2.05) is 11.4 Å². The molecule has 2 heterocycles. The van der Waals surface area contributed by atoms with Crippen LogP contribution in [0.4, 0.5) is 0 Å². The number of carboxylic acids is 1. The minimum Gasteiger partial charge on any atom is -0.481 e. The molecule has 0 saturated carbocycles. The van der Waals surface area contributed by atoms with Crippen LogP contribution in [0.5, 0.6) is 0 Å². The van der Waals surface area contributed by atoms with Crippen LogP contribution in [-0.4, -0.2) is 28.8 Å². The van der Waals surface area contributed by atoms with Crippen molar-refractivity contribution in [2.75, 3.05) is 5.75 Å². The summed E-state index contributed by atoms with van der Waals surface area (Å²) < 4.78 is 0. The van der Waals surface area contributed by atoms with Crippen LogP contribution < -0.4 is 5.32 Å². The average molecular weight is 285 g/mol. The summed E-state index contributed by atoms with van der Waals surface area (Å²) in [5.41, 5.74) is 1.09. The second-order valence-electron chi connectivity index (χ2n) is 4.31. The Morgan fingerprint density at radius 3 is 3.11 bits per heavy atom.